The van der Waals surface area contributed by atoms with Gasteiger partial charge in [-0.1, -0.05) is 44.7 Å². The van der Waals surface area contributed by atoms with Crippen LogP contribution < -0.4 is 10.3 Å². The van der Waals surface area contributed by atoms with Crippen molar-refractivity contribution >= 4 is 17.4 Å². The molecule has 0 radical (unpaired) electrons. The van der Waals surface area contributed by atoms with Gasteiger partial charge in [0.2, 0.25) is 0 Å². The number of H-pyrrole nitrogens is 1. The van der Waals surface area contributed by atoms with E-state index in [0.29, 0.717) is 5.75 Å². The number of rotatable bonds is 5. The Bertz CT molecular complexity index is 1240. The van der Waals surface area contributed by atoms with Crippen LogP contribution in [0.2, 0.25) is 0 Å². The molecular formula is C22H20N4O4S. The van der Waals surface area contributed by atoms with Crippen LogP contribution in [0.4, 0.5) is 5.69 Å². The first kappa shape index (κ1) is 22.1. The number of non-ortho nitro benzene ring substituents is 1. The minimum atomic E-state index is -0.621. The molecule has 3 rings (SSSR count). The van der Waals surface area contributed by atoms with Gasteiger partial charge in [0.15, 0.2) is 5.16 Å². The maximum absolute atomic E-state index is 12.3. The molecule has 2 aromatic carbocycles. The van der Waals surface area contributed by atoms with Crippen molar-refractivity contribution in [3.05, 3.63) is 74.1 Å². The summed E-state index contributed by atoms with van der Waals surface area (Å²) in [7, 11) is 0. The van der Waals surface area contributed by atoms with Gasteiger partial charge < -0.3 is 9.72 Å². The number of aromatic nitrogens is 2. The topological polar surface area (TPSA) is 122 Å². The van der Waals surface area contributed by atoms with Crippen LogP contribution in [0.1, 0.15) is 31.9 Å². The van der Waals surface area contributed by atoms with Gasteiger partial charge >= 0.3 is 0 Å². The van der Waals surface area contributed by atoms with Gasteiger partial charge in [0.05, 0.1) is 10.5 Å². The zero-order valence-corrected chi connectivity index (χ0v) is 18.2. The van der Waals surface area contributed by atoms with Gasteiger partial charge in [-0.25, -0.2) is 4.98 Å². The summed E-state index contributed by atoms with van der Waals surface area (Å²) in [4.78, 5) is 30.0. The Balaban J connectivity index is 2.16. The van der Waals surface area contributed by atoms with Crippen LogP contribution in [0.3, 0.4) is 0 Å². The lowest BCUT2D eigenvalue weighted by molar-refractivity contribution is -0.384. The number of aromatic amines is 1. The van der Waals surface area contributed by atoms with Crippen LogP contribution in [0.5, 0.6) is 11.5 Å². The average molecular weight is 436 g/mol. The Morgan fingerprint density at radius 1 is 1.19 bits per heavy atom. The standard InChI is InChI=1S/C22H20N4O4S/c1-22(2,3)13-5-8-15(9-6-13)30-18-10-7-14(26(28)29)11-16(18)19-17(12-23)20(27)25-21(24-19)31-4/h5-11H,1-4H3,(H,24,25,27). The molecule has 31 heavy (non-hydrogen) atoms. The van der Waals surface area contributed by atoms with E-state index >= 15 is 0 Å². The Morgan fingerprint density at radius 2 is 1.87 bits per heavy atom. The first-order valence-electron chi connectivity index (χ1n) is 9.29. The minimum absolute atomic E-state index is 0.0258. The molecule has 0 unspecified atom stereocenters. The molecule has 1 N–H and O–H groups in total. The van der Waals surface area contributed by atoms with E-state index in [1.165, 1.54) is 30.0 Å². The third-order valence-electron chi connectivity index (χ3n) is 4.58. The zero-order chi connectivity index (χ0) is 22.8. The fourth-order valence-corrected chi connectivity index (χ4v) is 3.28. The van der Waals surface area contributed by atoms with Gasteiger partial charge in [-0.05, 0) is 35.4 Å². The molecule has 0 saturated carbocycles. The number of nitro benzene ring substituents is 1. The largest absolute Gasteiger partial charge is 0.457 e. The van der Waals surface area contributed by atoms with Crippen molar-refractivity contribution < 1.29 is 9.66 Å². The first-order valence-corrected chi connectivity index (χ1v) is 10.5. The van der Waals surface area contributed by atoms with Crippen molar-refractivity contribution in [3.8, 4) is 28.8 Å². The second kappa shape index (κ2) is 8.62. The second-order valence-electron chi connectivity index (χ2n) is 7.72. The lowest BCUT2D eigenvalue weighted by Crippen LogP contribution is -2.15. The van der Waals surface area contributed by atoms with Gasteiger partial charge in [-0.15, -0.1) is 0 Å². The van der Waals surface area contributed by atoms with E-state index in [-0.39, 0.29) is 38.8 Å². The van der Waals surface area contributed by atoms with E-state index < -0.39 is 10.5 Å². The minimum Gasteiger partial charge on any atom is -0.457 e. The number of nitriles is 1. The number of benzene rings is 2. The number of ether oxygens (including phenoxy) is 1. The number of nitrogens with zero attached hydrogens (tertiary/aromatic N) is 3. The molecular weight excluding hydrogens is 416 g/mol. The summed E-state index contributed by atoms with van der Waals surface area (Å²) in [5.41, 5.74) is 0.239. The summed E-state index contributed by atoms with van der Waals surface area (Å²) in [6.45, 7) is 6.30. The molecule has 1 aromatic heterocycles. The van der Waals surface area contributed by atoms with Crippen molar-refractivity contribution in [2.75, 3.05) is 6.26 Å². The van der Waals surface area contributed by atoms with E-state index in [1.807, 2.05) is 18.2 Å². The predicted octanol–water partition coefficient (Wildman–Crippen LogP) is 5.03. The molecule has 0 spiro atoms. The predicted molar refractivity (Wildman–Crippen MR) is 119 cm³/mol. The normalized spacial score (nSPS) is 11.1. The monoisotopic (exact) mass is 436 g/mol. The van der Waals surface area contributed by atoms with Crippen molar-refractivity contribution in [3.63, 3.8) is 0 Å². The van der Waals surface area contributed by atoms with Crippen molar-refractivity contribution in [1.29, 1.82) is 5.26 Å². The summed E-state index contributed by atoms with van der Waals surface area (Å²) in [5.74, 6) is 0.757. The SMILES string of the molecule is CSc1nc(-c2cc([N+](=O)[O-])ccc2Oc2ccc(C(C)(C)C)cc2)c(C#N)c(=O)[nH]1. The van der Waals surface area contributed by atoms with Crippen molar-refractivity contribution in [1.82, 2.24) is 9.97 Å². The Hall–Kier alpha value is -3.64. The Labute approximate surface area is 183 Å². The number of nitro groups is 1. The first-order chi connectivity index (χ1) is 14.6. The molecule has 3 aromatic rings. The van der Waals surface area contributed by atoms with Crippen molar-refractivity contribution in [2.45, 2.75) is 31.3 Å². The highest BCUT2D eigenvalue weighted by Gasteiger charge is 2.21. The third kappa shape index (κ3) is 4.75. The lowest BCUT2D eigenvalue weighted by Gasteiger charge is -2.19. The summed E-state index contributed by atoms with van der Waals surface area (Å²) >= 11 is 1.18. The fraction of sp³-hybridized carbons (Fsp3) is 0.227. The molecule has 0 amide bonds. The molecule has 0 aliphatic carbocycles. The zero-order valence-electron chi connectivity index (χ0n) is 17.4. The van der Waals surface area contributed by atoms with E-state index in [9.17, 15) is 20.2 Å². The molecule has 9 heteroatoms. The van der Waals surface area contributed by atoms with Crippen LogP contribution in [-0.2, 0) is 5.41 Å². The molecule has 0 atom stereocenters. The van der Waals surface area contributed by atoms with Crippen LogP contribution in [0.15, 0.2) is 52.4 Å². The van der Waals surface area contributed by atoms with Crippen molar-refractivity contribution in [2.24, 2.45) is 0 Å². The van der Waals surface area contributed by atoms with E-state index in [4.69, 9.17) is 4.74 Å². The third-order valence-corrected chi connectivity index (χ3v) is 5.16. The van der Waals surface area contributed by atoms with Gasteiger partial charge in [0.1, 0.15) is 28.8 Å². The highest BCUT2D eigenvalue weighted by atomic mass is 32.2. The van der Waals surface area contributed by atoms with E-state index in [1.54, 1.807) is 18.4 Å². The van der Waals surface area contributed by atoms with Gasteiger partial charge in [-0.2, -0.15) is 5.26 Å². The smallest absolute Gasteiger partial charge is 0.270 e. The molecule has 158 valence electrons. The second-order valence-corrected chi connectivity index (χ2v) is 8.52. The molecule has 0 fully saturated rings. The van der Waals surface area contributed by atoms with E-state index in [0.717, 1.165) is 5.56 Å². The fourth-order valence-electron chi connectivity index (χ4n) is 2.90. The van der Waals surface area contributed by atoms with Crippen LogP contribution in [0, 0.1) is 21.4 Å². The molecule has 8 nitrogen and oxygen atoms in total. The van der Waals surface area contributed by atoms with E-state index in [2.05, 4.69) is 30.7 Å². The quantitative estimate of drug-likeness (QED) is 0.258. The summed E-state index contributed by atoms with van der Waals surface area (Å²) in [5, 5.41) is 21.1. The number of hydrogen-bond acceptors (Lipinski definition) is 7. The molecule has 0 aliphatic heterocycles. The summed E-state index contributed by atoms with van der Waals surface area (Å²) < 4.78 is 5.99. The number of thioether (sulfide) groups is 1. The van der Waals surface area contributed by atoms with Crippen LogP contribution in [-0.4, -0.2) is 21.1 Å². The number of nitrogens with one attached hydrogen (secondary N) is 1. The van der Waals surface area contributed by atoms with Crippen LogP contribution >= 0.6 is 11.8 Å². The van der Waals surface area contributed by atoms with Gasteiger partial charge in [-0.3, -0.25) is 14.9 Å². The summed E-state index contributed by atoms with van der Waals surface area (Å²) in [6.07, 6.45) is 1.72. The van der Waals surface area contributed by atoms with Gasteiger partial charge in [0, 0.05) is 12.1 Å². The number of hydrogen-bond donors (Lipinski definition) is 1. The maximum atomic E-state index is 12.3. The highest BCUT2D eigenvalue weighted by Crippen LogP contribution is 2.37. The lowest BCUT2D eigenvalue weighted by atomic mass is 9.87. The summed E-state index contributed by atoms with van der Waals surface area (Å²) in [6, 6.07) is 13.3. The Morgan fingerprint density at radius 3 is 2.42 bits per heavy atom. The molecule has 0 bridgehead atoms. The van der Waals surface area contributed by atoms with Crippen LogP contribution in [0.25, 0.3) is 11.3 Å². The highest BCUT2D eigenvalue weighted by molar-refractivity contribution is 7.98. The average Bonchev–Trinajstić information content (AvgIpc) is 2.73. The van der Waals surface area contributed by atoms with Gasteiger partial charge in [0.25, 0.3) is 11.2 Å². The maximum Gasteiger partial charge on any atom is 0.270 e. The molecule has 0 saturated heterocycles. The Kier molecular flexibility index (Phi) is 6.13. The molecule has 0 aliphatic rings. The molecule has 1 heterocycles.